The predicted octanol–water partition coefficient (Wildman–Crippen LogP) is 2.05. The van der Waals surface area contributed by atoms with E-state index in [4.69, 9.17) is 5.11 Å². The van der Waals surface area contributed by atoms with E-state index < -0.39 is 23.7 Å². The summed E-state index contributed by atoms with van der Waals surface area (Å²) in [5, 5.41) is 14.3. The number of hydrogen-bond acceptors (Lipinski definition) is 3. The molecule has 22 heavy (non-hydrogen) atoms. The molecule has 1 rings (SSSR count). The van der Waals surface area contributed by atoms with E-state index in [0.717, 1.165) is 29.8 Å². The number of carboxylic acids is 1. The summed E-state index contributed by atoms with van der Waals surface area (Å²) in [6, 6.07) is 0.815. The summed E-state index contributed by atoms with van der Waals surface area (Å²) >= 11 is 0. The fourth-order valence-electron chi connectivity index (χ4n) is 1.79. The first kappa shape index (κ1) is 18.0. The Labute approximate surface area is 125 Å². The van der Waals surface area contributed by atoms with Crippen LogP contribution in [0.25, 0.3) is 0 Å². The minimum atomic E-state index is -4.52. The molecule has 0 radical (unpaired) electrons. The quantitative estimate of drug-likeness (QED) is 0.682. The van der Waals surface area contributed by atoms with Crippen molar-refractivity contribution in [2.24, 2.45) is 0 Å². The first-order chi connectivity index (χ1) is 10.3. The van der Waals surface area contributed by atoms with Gasteiger partial charge in [-0.3, -0.25) is 14.3 Å². The Morgan fingerprint density at radius 2 is 1.91 bits per heavy atom. The van der Waals surface area contributed by atoms with Crippen LogP contribution < -0.4 is 5.32 Å². The minimum absolute atomic E-state index is 0.132. The summed E-state index contributed by atoms with van der Waals surface area (Å²) < 4.78 is 37.9. The maximum atomic E-state index is 12.3. The standard InChI is InChI=1S/C13H18F3N3O3/c14-13(15,16)10-6-8-19(18-10)9-11(20)17-7-4-2-1-3-5-12(21)22/h6,8H,1-5,7,9H2,(H,17,20)(H,21,22). The summed E-state index contributed by atoms with van der Waals surface area (Å²) in [5.41, 5.74) is -1.03. The van der Waals surface area contributed by atoms with Crippen molar-refractivity contribution in [3.8, 4) is 0 Å². The highest BCUT2D eigenvalue weighted by molar-refractivity contribution is 5.75. The number of nitrogens with one attached hydrogen (secondary N) is 1. The minimum Gasteiger partial charge on any atom is -0.481 e. The van der Waals surface area contributed by atoms with E-state index in [0.29, 0.717) is 19.4 Å². The van der Waals surface area contributed by atoms with Crippen molar-refractivity contribution < 1.29 is 27.9 Å². The number of aromatic nitrogens is 2. The van der Waals surface area contributed by atoms with Gasteiger partial charge >= 0.3 is 12.1 Å². The molecule has 2 N–H and O–H groups in total. The molecule has 0 saturated carbocycles. The molecule has 0 bridgehead atoms. The summed E-state index contributed by atoms with van der Waals surface area (Å²) in [7, 11) is 0. The second-order valence-electron chi connectivity index (χ2n) is 4.80. The van der Waals surface area contributed by atoms with Crippen LogP contribution in [-0.4, -0.2) is 33.3 Å². The van der Waals surface area contributed by atoms with Crippen molar-refractivity contribution in [3.05, 3.63) is 18.0 Å². The summed E-state index contributed by atoms with van der Waals surface area (Å²) in [5.74, 6) is -1.24. The average molecular weight is 321 g/mol. The Morgan fingerprint density at radius 3 is 2.50 bits per heavy atom. The van der Waals surface area contributed by atoms with Crippen LogP contribution in [-0.2, 0) is 22.3 Å². The van der Waals surface area contributed by atoms with Crippen LogP contribution in [0.15, 0.2) is 12.3 Å². The molecular weight excluding hydrogens is 303 g/mol. The molecule has 6 nitrogen and oxygen atoms in total. The highest BCUT2D eigenvalue weighted by atomic mass is 19.4. The van der Waals surface area contributed by atoms with Gasteiger partial charge in [-0.2, -0.15) is 18.3 Å². The van der Waals surface area contributed by atoms with Crippen molar-refractivity contribution in [1.82, 2.24) is 15.1 Å². The number of aliphatic carboxylic acids is 1. The van der Waals surface area contributed by atoms with Gasteiger partial charge in [0.2, 0.25) is 5.91 Å². The molecule has 0 unspecified atom stereocenters. The van der Waals surface area contributed by atoms with Gasteiger partial charge in [-0.25, -0.2) is 0 Å². The lowest BCUT2D eigenvalue weighted by Gasteiger charge is -2.05. The Bertz CT molecular complexity index is 500. The average Bonchev–Trinajstić information content (AvgIpc) is 2.85. The second-order valence-corrected chi connectivity index (χ2v) is 4.80. The van der Waals surface area contributed by atoms with Gasteiger partial charge in [0.1, 0.15) is 6.54 Å². The zero-order chi connectivity index (χ0) is 16.6. The highest BCUT2D eigenvalue weighted by Gasteiger charge is 2.33. The monoisotopic (exact) mass is 321 g/mol. The number of unbranched alkanes of at least 4 members (excludes halogenated alkanes) is 3. The van der Waals surface area contributed by atoms with Gasteiger partial charge in [0.25, 0.3) is 0 Å². The number of carbonyl (C=O) groups is 2. The van der Waals surface area contributed by atoms with Crippen molar-refractivity contribution in [1.29, 1.82) is 0 Å². The summed E-state index contributed by atoms with van der Waals surface area (Å²) in [4.78, 5) is 21.8. The third-order valence-electron chi connectivity index (χ3n) is 2.88. The fraction of sp³-hybridized carbons (Fsp3) is 0.615. The van der Waals surface area contributed by atoms with Crippen LogP contribution in [0.3, 0.4) is 0 Å². The SMILES string of the molecule is O=C(O)CCCCCCNC(=O)Cn1ccc(C(F)(F)F)n1. The normalized spacial score (nSPS) is 11.4. The molecule has 0 aromatic carbocycles. The molecule has 1 heterocycles. The van der Waals surface area contributed by atoms with Gasteiger partial charge in [-0.15, -0.1) is 0 Å². The van der Waals surface area contributed by atoms with Crippen LogP contribution >= 0.6 is 0 Å². The van der Waals surface area contributed by atoms with Crippen molar-refractivity contribution in [3.63, 3.8) is 0 Å². The number of carbonyl (C=O) groups excluding carboxylic acids is 1. The molecule has 1 amide bonds. The molecule has 1 aromatic rings. The van der Waals surface area contributed by atoms with Crippen LogP contribution in [0.2, 0.25) is 0 Å². The molecule has 0 atom stereocenters. The first-order valence-corrected chi connectivity index (χ1v) is 6.88. The first-order valence-electron chi connectivity index (χ1n) is 6.88. The van der Waals surface area contributed by atoms with Gasteiger partial charge in [0.15, 0.2) is 5.69 Å². The number of nitrogens with zero attached hydrogens (tertiary/aromatic N) is 2. The number of hydrogen-bond donors (Lipinski definition) is 2. The summed E-state index contributed by atoms with van der Waals surface area (Å²) in [6.45, 7) is 0.133. The number of rotatable bonds is 9. The Balaban J connectivity index is 2.16. The lowest BCUT2D eigenvalue weighted by molar-refractivity contribution is -0.142. The number of alkyl halides is 3. The Morgan fingerprint density at radius 1 is 1.23 bits per heavy atom. The van der Waals surface area contributed by atoms with Gasteiger partial charge in [-0.05, 0) is 18.9 Å². The number of carboxylic acid groups (broad SMARTS) is 1. The third kappa shape index (κ3) is 7.09. The van der Waals surface area contributed by atoms with E-state index in [-0.39, 0.29) is 13.0 Å². The maximum Gasteiger partial charge on any atom is 0.435 e. The van der Waals surface area contributed by atoms with Crippen LogP contribution in [0.5, 0.6) is 0 Å². The van der Waals surface area contributed by atoms with Gasteiger partial charge in [-0.1, -0.05) is 12.8 Å². The largest absolute Gasteiger partial charge is 0.481 e. The fourth-order valence-corrected chi connectivity index (χ4v) is 1.79. The Kier molecular flexibility index (Phi) is 6.87. The molecule has 0 fully saturated rings. The van der Waals surface area contributed by atoms with Crippen LogP contribution in [0, 0.1) is 0 Å². The van der Waals surface area contributed by atoms with Crippen molar-refractivity contribution in [2.45, 2.75) is 44.8 Å². The molecule has 124 valence electrons. The molecule has 0 aliphatic heterocycles. The van der Waals surface area contributed by atoms with Gasteiger partial charge < -0.3 is 10.4 Å². The van der Waals surface area contributed by atoms with E-state index in [1.54, 1.807) is 0 Å². The number of halogens is 3. The van der Waals surface area contributed by atoms with E-state index in [9.17, 15) is 22.8 Å². The Hall–Kier alpha value is -2.06. The molecule has 1 aromatic heterocycles. The molecule has 0 aliphatic rings. The second kappa shape index (κ2) is 8.40. The summed E-state index contributed by atoms with van der Waals surface area (Å²) in [6.07, 6.45) is -0.446. The lowest BCUT2D eigenvalue weighted by Crippen LogP contribution is -2.28. The van der Waals surface area contributed by atoms with E-state index in [2.05, 4.69) is 10.4 Å². The molecule has 0 spiro atoms. The lowest BCUT2D eigenvalue weighted by atomic mass is 10.1. The highest BCUT2D eigenvalue weighted by Crippen LogP contribution is 2.27. The smallest absolute Gasteiger partial charge is 0.435 e. The molecule has 9 heteroatoms. The van der Waals surface area contributed by atoms with E-state index in [1.165, 1.54) is 0 Å². The topological polar surface area (TPSA) is 84.2 Å². The zero-order valence-electron chi connectivity index (χ0n) is 11.9. The maximum absolute atomic E-state index is 12.3. The predicted molar refractivity (Wildman–Crippen MR) is 71.0 cm³/mol. The number of amides is 1. The van der Waals surface area contributed by atoms with E-state index in [1.807, 2.05) is 0 Å². The molecular formula is C13H18F3N3O3. The molecule has 0 saturated heterocycles. The third-order valence-corrected chi connectivity index (χ3v) is 2.88. The zero-order valence-corrected chi connectivity index (χ0v) is 11.9. The van der Waals surface area contributed by atoms with Gasteiger partial charge in [0, 0.05) is 19.2 Å². The molecule has 0 aliphatic carbocycles. The van der Waals surface area contributed by atoms with Gasteiger partial charge in [0.05, 0.1) is 0 Å². The van der Waals surface area contributed by atoms with Crippen molar-refractivity contribution >= 4 is 11.9 Å². The van der Waals surface area contributed by atoms with Crippen LogP contribution in [0.4, 0.5) is 13.2 Å². The van der Waals surface area contributed by atoms with E-state index >= 15 is 0 Å². The van der Waals surface area contributed by atoms with Crippen molar-refractivity contribution in [2.75, 3.05) is 6.54 Å². The van der Waals surface area contributed by atoms with Crippen LogP contribution in [0.1, 0.15) is 37.8 Å².